The van der Waals surface area contributed by atoms with Crippen molar-refractivity contribution in [3.05, 3.63) is 34.4 Å². The minimum atomic E-state index is 0.0481. The van der Waals surface area contributed by atoms with E-state index in [0.717, 1.165) is 19.7 Å². The molecule has 0 spiro atoms. The molecule has 1 aliphatic rings. The van der Waals surface area contributed by atoms with Crippen LogP contribution in [0.25, 0.3) is 0 Å². The predicted molar refractivity (Wildman–Crippen MR) is 76.0 cm³/mol. The van der Waals surface area contributed by atoms with Crippen molar-refractivity contribution >= 4 is 0 Å². The molecule has 1 aliphatic heterocycles. The Balaban J connectivity index is 1.94. The molecule has 1 saturated heterocycles. The molecule has 0 aromatic heterocycles. The lowest BCUT2D eigenvalue weighted by Crippen LogP contribution is -2.37. The second-order valence-corrected chi connectivity index (χ2v) is 5.88. The largest absolute Gasteiger partial charge is 0.374 e. The van der Waals surface area contributed by atoms with Crippen LogP contribution in [0, 0.1) is 20.8 Å². The normalized spacial score (nSPS) is 23.6. The number of benzene rings is 1. The van der Waals surface area contributed by atoms with E-state index in [1.807, 2.05) is 0 Å². The van der Waals surface area contributed by atoms with Gasteiger partial charge in [0, 0.05) is 19.7 Å². The van der Waals surface area contributed by atoms with Crippen LogP contribution in [0.15, 0.2) is 12.1 Å². The Hall–Kier alpha value is -0.860. The zero-order chi connectivity index (χ0) is 13.2. The van der Waals surface area contributed by atoms with Gasteiger partial charge in [0.15, 0.2) is 0 Å². The van der Waals surface area contributed by atoms with Crippen molar-refractivity contribution in [3.63, 3.8) is 0 Å². The maximum atomic E-state index is 5.80. The van der Waals surface area contributed by atoms with Gasteiger partial charge in [-0.25, -0.2) is 0 Å². The quantitative estimate of drug-likeness (QED) is 0.881. The first-order valence-corrected chi connectivity index (χ1v) is 6.92. The first kappa shape index (κ1) is 13.6. The Bertz CT molecular complexity index is 396. The second-order valence-electron chi connectivity index (χ2n) is 5.88. The van der Waals surface area contributed by atoms with Crippen molar-refractivity contribution < 1.29 is 4.74 Å². The van der Waals surface area contributed by atoms with Crippen molar-refractivity contribution in [2.45, 2.75) is 52.7 Å². The maximum absolute atomic E-state index is 5.80. The monoisotopic (exact) mass is 247 g/mol. The summed E-state index contributed by atoms with van der Waals surface area (Å²) in [7, 11) is 0. The standard InChI is InChI=1S/C16H25NO/c1-12-8-13(2)15(14(3)9-12)10-17-11-16(4)6-5-7-18-16/h8-9,17H,5-7,10-11H2,1-4H3. The van der Waals surface area contributed by atoms with E-state index in [9.17, 15) is 0 Å². The number of rotatable bonds is 4. The van der Waals surface area contributed by atoms with Crippen LogP contribution in [-0.4, -0.2) is 18.8 Å². The van der Waals surface area contributed by atoms with Gasteiger partial charge in [-0.05, 0) is 57.2 Å². The Morgan fingerprint density at radius 3 is 2.44 bits per heavy atom. The van der Waals surface area contributed by atoms with Crippen LogP contribution in [0.4, 0.5) is 0 Å². The summed E-state index contributed by atoms with van der Waals surface area (Å²) in [6.45, 7) is 11.6. The number of aryl methyl sites for hydroxylation is 3. The van der Waals surface area contributed by atoms with Gasteiger partial charge >= 0.3 is 0 Å². The third-order valence-corrected chi connectivity index (χ3v) is 3.94. The third-order valence-electron chi connectivity index (χ3n) is 3.94. The molecule has 2 rings (SSSR count). The Morgan fingerprint density at radius 1 is 1.22 bits per heavy atom. The summed E-state index contributed by atoms with van der Waals surface area (Å²) in [5, 5.41) is 3.56. The topological polar surface area (TPSA) is 21.3 Å². The molecule has 0 aliphatic carbocycles. The summed E-state index contributed by atoms with van der Waals surface area (Å²) in [5.41, 5.74) is 5.60. The fourth-order valence-corrected chi connectivity index (χ4v) is 2.92. The first-order valence-electron chi connectivity index (χ1n) is 6.92. The molecule has 1 N–H and O–H groups in total. The van der Waals surface area contributed by atoms with Gasteiger partial charge in [0.1, 0.15) is 0 Å². The van der Waals surface area contributed by atoms with Gasteiger partial charge in [-0.15, -0.1) is 0 Å². The van der Waals surface area contributed by atoms with Gasteiger partial charge in [0.2, 0.25) is 0 Å². The SMILES string of the molecule is Cc1cc(C)c(CNCC2(C)CCCO2)c(C)c1. The predicted octanol–water partition coefficient (Wildman–Crippen LogP) is 3.27. The Morgan fingerprint density at radius 2 is 1.89 bits per heavy atom. The molecule has 100 valence electrons. The van der Waals surface area contributed by atoms with E-state index in [1.165, 1.54) is 35.1 Å². The van der Waals surface area contributed by atoms with Crippen LogP contribution >= 0.6 is 0 Å². The summed E-state index contributed by atoms with van der Waals surface area (Å²) in [6, 6.07) is 4.52. The molecule has 0 saturated carbocycles. The van der Waals surface area contributed by atoms with Crippen LogP contribution < -0.4 is 5.32 Å². The number of hydrogen-bond acceptors (Lipinski definition) is 2. The van der Waals surface area contributed by atoms with E-state index in [0.29, 0.717) is 0 Å². The summed E-state index contributed by atoms with van der Waals surface area (Å²) in [6.07, 6.45) is 2.37. The Labute approximate surface area is 111 Å². The number of nitrogens with one attached hydrogen (secondary N) is 1. The Kier molecular flexibility index (Phi) is 4.08. The van der Waals surface area contributed by atoms with Crippen molar-refractivity contribution in [2.75, 3.05) is 13.2 Å². The van der Waals surface area contributed by atoms with Crippen LogP contribution in [0.2, 0.25) is 0 Å². The molecule has 1 atom stereocenters. The van der Waals surface area contributed by atoms with E-state index in [-0.39, 0.29) is 5.60 Å². The molecular formula is C16H25NO. The summed E-state index contributed by atoms with van der Waals surface area (Å²) in [4.78, 5) is 0. The molecule has 2 heteroatoms. The van der Waals surface area contributed by atoms with Crippen molar-refractivity contribution in [2.24, 2.45) is 0 Å². The van der Waals surface area contributed by atoms with E-state index < -0.39 is 0 Å². The fraction of sp³-hybridized carbons (Fsp3) is 0.625. The molecule has 0 amide bonds. The van der Waals surface area contributed by atoms with Gasteiger partial charge in [-0.1, -0.05) is 17.7 Å². The lowest BCUT2D eigenvalue weighted by Gasteiger charge is -2.24. The molecule has 18 heavy (non-hydrogen) atoms. The van der Waals surface area contributed by atoms with E-state index in [4.69, 9.17) is 4.74 Å². The zero-order valence-electron chi connectivity index (χ0n) is 12.1. The fourth-order valence-electron chi connectivity index (χ4n) is 2.92. The van der Waals surface area contributed by atoms with Crippen molar-refractivity contribution in [1.82, 2.24) is 5.32 Å². The van der Waals surface area contributed by atoms with Crippen molar-refractivity contribution in [3.8, 4) is 0 Å². The van der Waals surface area contributed by atoms with E-state index in [1.54, 1.807) is 0 Å². The highest BCUT2D eigenvalue weighted by Crippen LogP contribution is 2.24. The molecule has 2 nitrogen and oxygen atoms in total. The molecule has 1 aromatic carbocycles. The highest BCUT2D eigenvalue weighted by Gasteiger charge is 2.29. The van der Waals surface area contributed by atoms with Crippen LogP contribution in [-0.2, 0) is 11.3 Å². The average molecular weight is 247 g/mol. The third kappa shape index (κ3) is 3.12. The zero-order valence-corrected chi connectivity index (χ0v) is 12.1. The summed E-state index contributed by atoms with van der Waals surface area (Å²) < 4.78 is 5.80. The lowest BCUT2D eigenvalue weighted by atomic mass is 9.99. The molecule has 0 bridgehead atoms. The highest BCUT2D eigenvalue weighted by atomic mass is 16.5. The molecule has 1 heterocycles. The van der Waals surface area contributed by atoms with Gasteiger partial charge in [0.25, 0.3) is 0 Å². The van der Waals surface area contributed by atoms with Gasteiger partial charge in [0.05, 0.1) is 5.60 Å². The molecular weight excluding hydrogens is 222 g/mol. The molecule has 1 aromatic rings. The van der Waals surface area contributed by atoms with Crippen LogP contribution in [0.1, 0.15) is 42.0 Å². The molecule has 1 unspecified atom stereocenters. The minimum Gasteiger partial charge on any atom is -0.374 e. The van der Waals surface area contributed by atoms with E-state index >= 15 is 0 Å². The van der Waals surface area contributed by atoms with Crippen molar-refractivity contribution in [1.29, 1.82) is 0 Å². The van der Waals surface area contributed by atoms with Crippen LogP contribution in [0.5, 0.6) is 0 Å². The molecule has 1 fully saturated rings. The average Bonchev–Trinajstić information content (AvgIpc) is 2.69. The van der Waals surface area contributed by atoms with Crippen LogP contribution in [0.3, 0.4) is 0 Å². The number of ether oxygens (including phenoxy) is 1. The number of hydrogen-bond donors (Lipinski definition) is 1. The molecule has 0 radical (unpaired) electrons. The highest BCUT2D eigenvalue weighted by molar-refractivity contribution is 5.37. The minimum absolute atomic E-state index is 0.0481. The lowest BCUT2D eigenvalue weighted by molar-refractivity contribution is 0.0206. The van der Waals surface area contributed by atoms with Gasteiger partial charge in [-0.2, -0.15) is 0 Å². The van der Waals surface area contributed by atoms with E-state index in [2.05, 4.69) is 45.1 Å². The maximum Gasteiger partial charge on any atom is 0.0779 e. The summed E-state index contributed by atoms with van der Waals surface area (Å²) >= 11 is 0. The smallest absolute Gasteiger partial charge is 0.0779 e. The summed E-state index contributed by atoms with van der Waals surface area (Å²) in [5.74, 6) is 0. The van der Waals surface area contributed by atoms with Gasteiger partial charge in [-0.3, -0.25) is 0 Å². The second kappa shape index (κ2) is 5.41. The van der Waals surface area contributed by atoms with Gasteiger partial charge < -0.3 is 10.1 Å². The first-order chi connectivity index (χ1) is 8.50.